The molecular formula is C36H32F3N11O2. The van der Waals surface area contributed by atoms with Crippen molar-refractivity contribution in [3.05, 3.63) is 83.8 Å². The van der Waals surface area contributed by atoms with Crippen LogP contribution in [0.2, 0.25) is 0 Å². The van der Waals surface area contributed by atoms with Crippen molar-refractivity contribution in [1.29, 1.82) is 5.26 Å². The summed E-state index contributed by atoms with van der Waals surface area (Å²) in [6.45, 7) is 2.68. The van der Waals surface area contributed by atoms with Crippen molar-refractivity contribution >= 4 is 39.6 Å². The molecule has 0 saturated carbocycles. The summed E-state index contributed by atoms with van der Waals surface area (Å²) in [6, 6.07) is 12.4. The Morgan fingerprint density at radius 1 is 1.02 bits per heavy atom. The Morgan fingerprint density at radius 3 is 2.65 bits per heavy atom. The van der Waals surface area contributed by atoms with E-state index < -0.39 is 29.6 Å². The molecule has 52 heavy (non-hydrogen) atoms. The van der Waals surface area contributed by atoms with Gasteiger partial charge in [-0.15, -0.1) is 0 Å². The van der Waals surface area contributed by atoms with Crippen molar-refractivity contribution in [2.45, 2.75) is 44.5 Å². The molecule has 1 saturated heterocycles. The summed E-state index contributed by atoms with van der Waals surface area (Å²) in [6.07, 6.45) is 1.19. The van der Waals surface area contributed by atoms with Crippen LogP contribution < -0.4 is 10.2 Å². The number of hydrogen-bond donors (Lipinski definition) is 1. The van der Waals surface area contributed by atoms with Crippen LogP contribution in [0.1, 0.15) is 18.1 Å². The zero-order valence-electron chi connectivity index (χ0n) is 28.4. The number of aromatic nitrogens is 7. The highest BCUT2D eigenvalue weighted by molar-refractivity contribution is 5.94. The highest BCUT2D eigenvalue weighted by Crippen LogP contribution is 2.35. The lowest BCUT2D eigenvalue weighted by molar-refractivity contribution is -0.132. The van der Waals surface area contributed by atoms with Gasteiger partial charge in [-0.05, 0) is 43.7 Å². The Balaban J connectivity index is 1.25. The number of imidazole rings is 1. The number of anilines is 2. The summed E-state index contributed by atoms with van der Waals surface area (Å²) in [5, 5.41) is 17.9. The predicted octanol–water partition coefficient (Wildman–Crippen LogP) is 4.57. The molecule has 1 N–H and O–H groups in total. The molecule has 0 aliphatic carbocycles. The Morgan fingerprint density at radius 2 is 1.87 bits per heavy atom. The summed E-state index contributed by atoms with van der Waals surface area (Å²) in [5.74, 6) is -0.573. The predicted molar refractivity (Wildman–Crippen MR) is 185 cm³/mol. The third-order valence-corrected chi connectivity index (χ3v) is 9.64. The number of ether oxygens (including phenoxy) is 1. The van der Waals surface area contributed by atoms with E-state index in [1.807, 2.05) is 34.6 Å². The van der Waals surface area contributed by atoms with E-state index in [0.29, 0.717) is 58.1 Å². The van der Waals surface area contributed by atoms with Gasteiger partial charge >= 0.3 is 0 Å². The molecule has 6 aromatic rings. The van der Waals surface area contributed by atoms with E-state index in [1.165, 1.54) is 29.1 Å². The third-order valence-electron chi connectivity index (χ3n) is 9.64. The SMILES string of the molecule is COC1CN(C)C(=O)C2CC(CN2c2nc(CC#N)nc3c2cnn3-c2ccc(F)cc2F)Nc2cccc(n2)-c2cc(F)cc3nc(C)n(c23)C1. The number of amides is 1. The number of rotatable bonds is 4. The molecule has 4 aromatic heterocycles. The molecule has 1 amide bonds. The van der Waals surface area contributed by atoms with Gasteiger partial charge in [-0.25, -0.2) is 37.8 Å². The van der Waals surface area contributed by atoms with Crippen molar-refractivity contribution < 1.29 is 22.7 Å². The Kier molecular flexibility index (Phi) is 8.22. The van der Waals surface area contributed by atoms with Crippen LogP contribution in [0.3, 0.4) is 0 Å². The van der Waals surface area contributed by atoms with Crippen LogP contribution in [0, 0.1) is 35.7 Å². The van der Waals surface area contributed by atoms with Crippen molar-refractivity contribution in [2.75, 3.05) is 37.5 Å². The molecule has 3 unspecified atom stereocenters. The normalized spacial score (nSPS) is 19.1. The summed E-state index contributed by atoms with van der Waals surface area (Å²) >= 11 is 0. The number of fused-ring (bicyclic) bond motifs is 6. The Bertz CT molecular complexity index is 2420. The summed E-state index contributed by atoms with van der Waals surface area (Å²) in [4.78, 5) is 36.7. The zero-order valence-corrected chi connectivity index (χ0v) is 28.4. The number of aryl methyl sites for hydroxylation is 1. The van der Waals surface area contributed by atoms with Gasteiger partial charge in [0.15, 0.2) is 11.5 Å². The number of hydrogen-bond acceptors (Lipinski definition) is 10. The fourth-order valence-electron chi connectivity index (χ4n) is 7.25. The first-order valence-electron chi connectivity index (χ1n) is 16.6. The van der Waals surface area contributed by atoms with Gasteiger partial charge in [0, 0.05) is 51.0 Å². The molecule has 1 fully saturated rings. The number of carbonyl (C=O) groups is 1. The van der Waals surface area contributed by atoms with Crippen LogP contribution in [-0.2, 0) is 22.5 Å². The van der Waals surface area contributed by atoms with Gasteiger partial charge in [0.25, 0.3) is 0 Å². The maximum atomic E-state index is 15.0. The van der Waals surface area contributed by atoms with E-state index in [1.54, 1.807) is 19.1 Å². The molecule has 16 heteroatoms. The van der Waals surface area contributed by atoms with Crippen LogP contribution in [0.25, 0.3) is 39.0 Å². The minimum Gasteiger partial charge on any atom is -0.378 e. The van der Waals surface area contributed by atoms with Crippen LogP contribution in [0.4, 0.5) is 24.8 Å². The average molecular weight is 708 g/mol. The number of likely N-dealkylation sites (N-methyl/N-ethyl adjacent to an activating group) is 1. The maximum absolute atomic E-state index is 15.0. The number of carbonyl (C=O) groups excluding carboxylic acids is 1. The summed E-state index contributed by atoms with van der Waals surface area (Å²) in [7, 11) is 3.29. The molecule has 8 rings (SSSR count). The first kappa shape index (κ1) is 33.1. The molecule has 2 aromatic carbocycles. The Labute approximate surface area is 295 Å². The lowest BCUT2D eigenvalue weighted by atomic mass is 10.1. The fourth-order valence-corrected chi connectivity index (χ4v) is 7.25. The van der Waals surface area contributed by atoms with Crippen LogP contribution >= 0.6 is 0 Å². The number of methoxy groups -OCH3 is 1. The largest absolute Gasteiger partial charge is 0.378 e. The minimum absolute atomic E-state index is 0.0397. The van der Waals surface area contributed by atoms with Crippen molar-refractivity contribution in [1.82, 2.24) is 39.2 Å². The minimum atomic E-state index is -0.848. The van der Waals surface area contributed by atoms with Gasteiger partial charge in [0.1, 0.15) is 46.6 Å². The monoisotopic (exact) mass is 707 g/mol. The second-order valence-corrected chi connectivity index (χ2v) is 13.0. The molecule has 0 spiro atoms. The second-order valence-electron chi connectivity index (χ2n) is 13.0. The third kappa shape index (κ3) is 5.72. The molecular weight excluding hydrogens is 675 g/mol. The van der Waals surface area contributed by atoms with Crippen LogP contribution in [0.5, 0.6) is 0 Å². The number of benzene rings is 2. The smallest absolute Gasteiger partial charge is 0.245 e. The zero-order chi connectivity index (χ0) is 36.3. The Hall–Kier alpha value is -6.08. The van der Waals surface area contributed by atoms with Crippen molar-refractivity contribution in [3.8, 4) is 23.0 Å². The van der Waals surface area contributed by atoms with E-state index in [4.69, 9.17) is 14.7 Å². The van der Waals surface area contributed by atoms with Gasteiger partial charge in [0.05, 0.1) is 53.4 Å². The van der Waals surface area contributed by atoms with E-state index >= 15 is 0 Å². The quantitative estimate of drug-likeness (QED) is 0.277. The van der Waals surface area contributed by atoms with E-state index in [0.717, 1.165) is 12.1 Å². The summed E-state index contributed by atoms with van der Waals surface area (Å²) in [5.41, 5.74) is 2.47. The first-order valence-corrected chi connectivity index (χ1v) is 16.6. The highest BCUT2D eigenvalue weighted by Gasteiger charge is 2.41. The molecule has 4 bridgehead atoms. The molecule has 264 valence electrons. The van der Waals surface area contributed by atoms with E-state index in [-0.39, 0.29) is 48.6 Å². The molecule has 2 aliphatic heterocycles. The lowest BCUT2D eigenvalue weighted by Crippen LogP contribution is -2.47. The van der Waals surface area contributed by atoms with Gasteiger partial charge in [-0.1, -0.05) is 6.07 Å². The topological polar surface area (TPSA) is 143 Å². The molecule has 6 heterocycles. The fraction of sp³-hybridized carbons (Fsp3) is 0.306. The molecule has 13 nitrogen and oxygen atoms in total. The summed E-state index contributed by atoms with van der Waals surface area (Å²) < 4.78 is 52.9. The average Bonchev–Trinajstić information content (AvgIpc) is 3.82. The second kappa shape index (κ2) is 12.9. The molecule has 2 aliphatic rings. The molecule has 3 atom stereocenters. The van der Waals surface area contributed by atoms with Gasteiger partial charge in [0.2, 0.25) is 5.91 Å². The van der Waals surface area contributed by atoms with E-state index in [9.17, 15) is 23.2 Å². The van der Waals surface area contributed by atoms with Gasteiger partial charge < -0.3 is 24.4 Å². The van der Waals surface area contributed by atoms with Crippen molar-refractivity contribution in [3.63, 3.8) is 0 Å². The van der Waals surface area contributed by atoms with E-state index in [2.05, 4.69) is 26.5 Å². The number of halogens is 3. The highest BCUT2D eigenvalue weighted by atomic mass is 19.1. The van der Waals surface area contributed by atoms with Crippen LogP contribution in [-0.4, -0.2) is 90.5 Å². The number of nitriles is 1. The number of pyridine rings is 1. The van der Waals surface area contributed by atoms with Gasteiger partial charge in [-0.3, -0.25) is 4.79 Å². The number of nitrogens with one attached hydrogen (secondary N) is 1. The maximum Gasteiger partial charge on any atom is 0.245 e. The van der Waals surface area contributed by atoms with Gasteiger partial charge in [-0.2, -0.15) is 10.4 Å². The lowest BCUT2D eigenvalue weighted by Gasteiger charge is -2.31. The standard InChI is InChI=1S/C36H32F3N11O2/c1-19-42-28-13-21(38)11-24-27-5-4-6-31(44-27)43-22-14-30(36(51)47(2)17-23(52-3)18-48(19)33(24)28)49(16-22)34-25-15-41-50(29-8-7-20(37)12-26(29)39)35(25)46-32(45-34)9-10-40/h4-8,11-13,15,22-23,30H,9,14,16-18H2,1-3H3,(H,43,44). The molecule has 0 radical (unpaired) electrons. The van der Waals surface area contributed by atoms with Crippen LogP contribution in [0.15, 0.2) is 54.7 Å². The first-order chi connectivity index (χ1) is 25.1. The number of nitrogens with zero attached hydrogens (tertiary/aromatic N) is 10. The van der Waals surface area contributed by atoms with Crippen molar-refractivity contribution in [2.24, 2.45) is 0 Å².